The number of fused-ring (bicyclic) bond motifs is 1. The molecule has 4 atom stereocenters. The molecule has 2 saturated heterocycles. The summed E-state index contributed by atoms with van der Waals surface area (Å²) in [4.78, 5) is 39.4. The maximum atomic E-state index is 12.9. The van der Waals surface area contributed by atoms with Crippen molar-refractivity contribution >= 4 is 75.1 Å². The van der Waals surface area contributed by atoms with E-state index in [1.54, 1.807) is 13.8 Å². The first kappa shape index (κ1) is 22.0. The molecular weight excluding hydrogens is 471 g/mol. The predicted octanol–water partition coefficient (Wildman–Crippen LogP) is 1.77. The van der Waals surface area contributed by atoms with Gasteiger partial charge in [-0.1, -0.05) is 40.9 Å². The minimum Gasteiger partial charge on any atom is -0.614 e. The van der Waals surface area contributed by atoms with Crippen LogP contribution in [0.4, 0.5) is 0 Å². The Labute approximate surface area is 183 Å². The highest BCUT2D eigenvalue weighted by molar-refractivity contribution is 7.94. The summed E-state index contributed by atoms with van der Waals surface area (Å²) in [6, 6.07) is 1.60. The van der Waals surface area contributed by atoms with Gasteiger partial charge in [0.25, 0.3) is 5.91 Å². The van der Waals surface area contributed by atoms with Crippen LogP contribution >= 0.6 is 46.1 Å². The first-order valence-corrected chi connectivity index (χ1v) is 11.4. The number of esters is 1. The number of nitrogens with one attached hydrogen (secondary N) is 1. The molecule has 0 aliphatic carbocycles. The number of thiophene rings is 1. The van der Waals surface area contributed by atoms with Crippen molar-refractivity contribution in [2.75, 3.05) is 6.61 Å². The van der Waals surface area contributed by atoms with Gasteiger partial charge in [-0.05, 0) is 36.5 Å². The molecule has 1 aromatic rings. The van der Waals surface area contributed by atoms with Crippen LogP contribution in [0.3, 0.4) is 0 Å². The lowest BCUT2D eigenvalue weighted by atomic mass is 9.96. The summed E-state index contributed by atoms with van der Waals surface area (Å²) < 4.78 is 15.1. The molecule has 3 heterocycles. The van der Waals surface area contributed by atoms with E-state index in [9.17, 15) is 18.9 Å². The number of halogens is 3. The Hall–Kier alpha value is -0.710. The second kappa shape index (κ2) is 7.85. The van der Waals surface area contributed by atoms with E-state index >= 15 is 0 Å². The van der Waals surface area contributed by atoms with Crippen molar-refractivity contribution in [2.24, 2.45) is 0 Å². The number of hydrogen-bond donors (Lipinski definition) is 1. The van der Waals surface area contributed by atoms with E-state index in [2.05, 4.69) is 5.32 Å². The molecule has 154 valence electrons. The van der Waals surface area contributed by atoms with Gasteiger partial charge in [0, 0.05) is 4.88 Å². The first-order chi connectivity index (χ1) is 12.9. The van der Waals surface area contributed by atoms with Gasteiger partial charge in [-0.25, -0.2) is 4.79 Å². The van der Waals surface area contributed by atoms with E-state index in [0.29, 0.717) is 0 Å². The average Bonchev–Trinajstić information content (AvgIpc) is 3.15. The molecule has 0 radical (unpaired) electrons. The highest BCUT2D eigenvalue weighted by atomic mass is 35.6. The number of hydrogen-bond acceptors (Lipinski definition) is 6. The normalized spacial score (nSPS) is 28.5. The Morgan fingerprint density at radius 1 is 1.43 bits per heavy atom. The lowest BCUT2D eigenvalue weighted by Crippen LogP contribution is -2.72. The van der Waals surface area contributed by atoms with Gasteiger partial charge >= 0.3 is 5.97 Å². The lowest BCUT2D eigenvalue weighted by molar-refractivity contribution is -0.164. The number of ether oxygens (including phenoxy) is 1. The van der Waals surface area contributed by atoms with Crippen LogP contribution in [-0.2, 0) is 36.7 Å². The topological polar surface area (TPSA) is 98.8 Å². The summed E-state index contributed by atoms with van der Waals surface area (Å²) in [5.41, 5.74) is 0. The third kappa shape index (κ3) is 4.11. The minimum atomic E-state index is -1.80. The van der Waals surface area contributed by atoms with Crippen LogP contribution in [-0.4, -0.2) is 59.8 Å². The summed E-state index contributed by atoms with van der Waals surface area (Å²) in [6.45, 7) is 2.70. The van der Waals surface area contributed by atoms with Crippen LogP contribution < -0.4 is 5.32 Å². The third-order valence-corrected chi connectivity index (χ3v) is 7.99. The molecule has 2 fully saturated rings. The van der Waals surface area contributed by atoms with Gasteiger partial charge in [-0.15, -0.1) is 11.3 Å². The largest absolute Gasteiger partial charge is 0.614 e. The quantitative estimate of drug-likeness (QED) is 0.295. The van der Waals surface area contributed by atoms with Crippen molar-refractivity contribution in [1.29, 1.82) is 0 Å². The van der Waals surface area contributed by atoms with Gasteiger partial charge in [0.2, 0.25) is 15.1 Å². The van der Waals surface area contributed by atoms with E-state index in [4.69, 9.17) is 39.5 Å². The number of carbonyl (C=O) groups excluding carboxylic acids is 3. The molecular formula is C16H17Cl3N2O5S2. The summed E-state index contributed by atoms with van der Waals surface area (Å²) in [5, 5.41) is 3.67. The van der Waals surface area contributed by atoms with Crippen molar-refractivity contribution < 1.29 is 23.7 Å². The number of carbonyl (C=O) groups is 3. The maximum Gasteiger partial charge on any atom is 0.334 e. The molecule has 3 unspecified atom stereocenters. The van der Waals surface area contributed by atoms with E-state index in [1.807, 2.05) is 17.5 Å². The fourth-order valence-electron chi connectivity index (χ4n) is 3.30. The molecule has 0 bridgehead atoms. The second-order valence-electron chi connectivity index (χ2n) is 6.96. The summed E-state index contributed by atoms with van der Waals surface area (Å²) in [5.74, 6) is -1.64. The van der Waals surface area contributed by atoms with Crippen LogP contribution in [0, 0.1) is 0 Å². The first-order valence-electron chi connectivity index (χ1n) is 8.21. The fourth-order valence-corrected chi connectivity index (χ4v) is 6.08. The molecule has 2 aliphatic rings. The van der Waals surface area contributed by atoms with Gasteiger partial charge in [0.15, 0.2) is 16.8 Å². The molecule has 2 aliphatic heterocycles. The van der Waals surface area contributed by atoms with Crippen LogP contribution in [0.2, 0.25) is 0 Å². The summed E-state index contributed by atoms with van der Waals surface area (Å²) in [6.07, 6.45) is 0.124. The van der Waals surface area contributed by atoms with E-state index in [1.165, 1.54) is 16.2 Å². The van der Waals surface area contributed by atoms with Crippen LogP contribution in [0.15, 0.2) is 17.5 Å². The van der Waals surface area contributed by atoms with E-state index < -0.39 is 55.7 Å². The standard InChI is InChI=1S/C16H17Cl3N2O5S2/c1-15(2)11(14(24)26-7-16(17,18)19)21-12(23)10(13(21)28(15)25)20-9(22)6-8-4-3-5-27-8/h3-5,10-11,13H,6-7H2,1-2H3,(H,20,22)/t10?,11?,13-,28?/m1/s1. The summed E-state index contributed by atoms with van der Waals surface area (Å²) in [7, 11) is 0. The monoisotopic (exact) mass is 486 g/mol. The van der Waals surface area contributed by atoms with Gasteiger partial charge < -0.3 is 14.6 Å². The Morgan fingerprint density at radius 2 is 2.11 bits per heavy atom. The van der Waals surface area contributed by atoms with Crippen molar-refractivity contribution in [2.45, 2.75) is 46.3 Å². The van der Waals surface area contributed by atoms with Crippen LogP contribution in [0.1, 0.15) is 18.7 Å². The van der Waals surface area contributed by atoms with Crippen LogP contribution in [0.5, 0.6) is 0 Å². The van der Waals surface area contributed by atoms with Gasteiger partial charge in [0.05, 0.1) is 6.42 Å². The molecule has 0 spiro atoms. The molecule has 3 rings (SSSR count). The number of amides is 2. The Bertz CT molecular complexity index is 784. The Balaban J connectivity index is 1.70. The molecule has 12 heteroatoms. The number of nitrogens with zero attached hydrogens (tertiary/aromatic N) is 1. The summed E-state index contributed by atoms with van der Waals surface area (Å²) >= 11 is 16.6. The highest BCUT2D eigenvalue weighted by Crippen LogP contribution is 2.46. The fraction of sp³-hybridized carbons (Fsp3) is 0.562. The zero-order valence-corrected chi connectivity index (χ0v) is 18.7. The van der Waals surface area contributed by atoms with Gasteiger partial charge in [-0.3, -0.25) is 14.5 Å². The number of rotatable bonds is 5. The van der Waals surface area contributed by atoms with Crippen molar-refractivity contribution in [1.82, 2.24) is 10.2 Å². The van der Waals surface area contributed by atoms with E-state index in [-0.39, 0.29) is 12.3 Å². The van der Waals surface area contributed by atoms with Gasteiger partial charge in [-0.2, -0.15) is 0 Å². The highest BCUT2D eigenvalue weighted by Gasteiger charge is 2.73. The Kier molecular flexibility index (Phi) is 6.16. The van der Waals surface area contributed by atoms with Crippen molar-refractivity contribution in [3.8, 4) is 0 Å². The number of β-lactam (4-membered cyclic amide) rings is 1. The molecule has 7 nitrogen and oxygen atoms in total. The third-order valence-electron chi connectivity index (χ3n) is 4.59. The second-order valence-corrected chi connectivity index (χ2v) is 12.6. The molecule has 0 saturated carbocycles. The maximum absolute atomic E-state index is 12.9. The Morgan fingerprint density at radius 3 is 2.68 bits per heavy atom. The van der Waals surface area contributed by atoms with Gasteiger partial charge in [0.1, 0.15) is 6.61 Å². The van der Waals surface area contributed by atoms with Crippen molar-refractivity contribution in [3.63, 3.8) is 0 Å². The smallest absolute Gasteiger partial charge is 0.334 e. The molecule has 2 amide bonds. The molecule has 0 aromatic carbocycles. The molecule has 28 heavy (non-hydrogen) atoms. The molecule has 1 aromatic heterocycles. The molecule has 1 N–H and O–H groups in total. The zero-order valence-electron chi connectivity index (χ0n) is 14.8. The van der Waals surface area contributed by atoms with Crippen LogP contribution in [0.25, 0.3) is 0 Å². The zero-order chi connectivity index (χ0) is 20.9. The minimum absolute atomic E-state index is 0.124. The van der Waals surface area contributed by atoms with Crippen molar-refractivity contribution in [3.05, 3.63) is 22.4 Å². The van der Waals surface area contributed by atoms with E-state index in [0.717, 1.165) is 4.88 Å². The number of alkyl halides is 3. The average molecular weight is 488 g/mol. The lowest BCUT2D eigenvalue weighted by Gasteiger charge is -2.41. The predicted molar refractivity (Wildman–Crippen MR) is 108 cm³/mol. The SMILES string of the molecule is CC1(C)C(C(=O)OCC(Cl)(Cl)Cl)N2C(=O)C(NC(=O)Cc3cccs3)[C@H]2[S+]1[O-].